The molecule has 0 aromatic rings. The number of hydrogen-bond acceptors (Lipinski definition) is 0. The van der Waals surface area contributed by atoms with E-state index in [1.165, 1.54) is 51.4 Å². The van der Waals surface area contributed by atoms with Gasteiger partial charge in [-0.3, -0.25) is 0 Å². The molecule has 0 bridgehead atoms. The Hall–Kier alpha value is -0.520. The van der Waals surface area contributed by atoms with Gasteiger partial charge in [0.15, 0.2) is 0 Å². The zero-order valence-corrected chi connectivity index (χ0v) is 16.7. The summed E-state index contributed by atoms with van der Waals surface area (Å²) in [7, 11) is 0. The Morgan fingerprint density at radius 2 is 0.773 bits per heavy atom. The van der Waals surface area contributed by atoms with Gasteiger partial charge in [-0.05, 0) is 47.7 Å². The minimum atomic E-state index is 0.287. The lowest BCUT2D eigenvalue weighted by atomic mass is 9.53. The zero-order chi connectivity index (χ0) is 17.0. The van der Waals surface area contributed by atoms with Gasteiger partial charge in [-0.25, -0.2) is 0 Å². The average molecular weight is 305 g/mol. The maximum atomic E-state index is 2.51. The molecule has 22 heavy (non-hydrogen) atoms. The van der Waals surface area contributed by atoms with Crippen LogP contribution >= 0.6 is 0 Å². The molecule has 0 saturated carbocycles. The van der Waals surface area contributed by atoms with E-state index in [4.69, 9.17) is 0 Å². The molecule has 1 rings (SSSR count). The molecule has 0 heterocycles. The van der Waals surface area contributed by atoms with Crippen molar-refractivity contribution in [1.29, 1.82) is 0 Å². The zero-order valence-electron chi connectivity index (χ0n) is 16.7. The molecule has 1 aliphatic carbocycles. The molecule has 0 amide bonds. The lowest BCUT2D eigenvalue weighted by molar-refractivity contribution is 0.176. The minimum Gasteiger partial charge on any atom is -0.0651 e. The Bertz CT molecular complexity index is 387. The lowest BCUT2D eigenvalue weighted by Crippen LogP contribution is -2.40. The first kappa shape index (κ1) is 19.5. The monoisotopic (exact) mass is 304 g/mol. The maximum Gasteiger partial charge on any atom is -0.00503 e. The van der Waals surface area contributed by atoms with Crippen LogP contribution in [0.4, 0.5) is 0 Å². The summed E-state index contributed by atoms with van der Waals surface area (Å²) < 4.78 is 0. The summed E-state index contributed by atoms with van der Waals surface area (Å²) >= 11 is 0. The van der Waals surface area contributed by atoms with Gasteiger partial charge in [0.25, 0.3) is 0 Å². The van der Waals surface area contributed by atoms with E-state index in [0.29, 0.717) is 0 Å². The van der Waals surface area contributed by atoms with Crippen LogP contribution in [0.3, 0.4) is 0 Å². The molecule has 0 atom stereocenters. The van der Waals surface area contributed by atoms with Gasteiger partial charge in [-0.15, -0.1) is 0 Å². The summed E-state index contributed by atoms with van der Waals surface area (Å²) in [5.74, 6) is 0. The standard InChI is InChI=1S/C22H40/c1-9-13-17-18(14-10-2)20(16-12-4)22(7,8)21(5,6)19(17)15-11-3/h9-16H2,1-8H3. The second kappa shape index (κ2) is 7.84. The summed E-state index contributed by atoms with van der Waals surface area (Å²) in [4.78, 5) is 0. The molecule has 0 radical (unpaired) electrons. The second-order valence-corrected chi connectivity index (χ2v) is 8.16. The molecule has 0 unspecified atom stereocenters. The number of rotatable bonds is 8. The topological polar surface area (TPSA) is 0 Å². The molecule has 0 N–H and O–H groups in total. The quantitative estimate of drug-likeness (QED) is 0.428. The summed E-state index contributed by atoms with van der Waals surface area (Å²) in [6.07, 6.45) is 10.2. The van der Waals surface area contributed by atoms with Gasteiger partial charge in [-0.2, -0.15) is 0 Å². The van der Waals surface area contributed by atoms with Crippen LogP contribution in [0.25, 0.3) is 0 Å². The summed E-state index contributed by atoms with van der Waals surface area (Å²) in [5.41, 5.74) is 7.61. The molecule has 1 aliphatic rings. The summed E-state index contributed by atoms with van der Waals surface area (Å²) in [6, 6.07) is 0. The molecule has 0 fully saturated rings. The van der Waals surface area contributed by atoms with E-state index in [1.807, 2.05) is 0 Å². The van der Waals surface area contributed by atoms with E-state index in [1.54, 1.807) is 22.3 Å². The van der Waals surface area contributed by atoms with Crippen molar-refractivity contribution in [1.82, 2.24) is 0 Å². The van der Waals surface area contributed by atoms with E-state index < -0.39 is 0 Å². The highest BCUT2D eigenvalue weighted by Crippen LogP contribution is 2.58. The van der Waals surface area contributed by atoms with Crippen molar-refractivity contribution in [2.24, 2.45) is 10.8 Å². The summed E-state index contributed by atoms with van der Waals surface area (Å²) in [6.45, 7) is 19.4. The Kier molecular flexibility index (Phi) is 6.96. The summed E-state index contributed by atoms with van der Waals surface area (Å²) in [5, 5.41) is 0. The van der Waals surface area contributed by atoms with E-state index in [9.17, 15) is 0 Å². The maximum absolute atomic E-state index is 2.51. The third kappa shape index (κ3) is 3.36. The van der Waals surface area contributed by atoms with Crippen molar-refractivity contribution >= 4 is 0 Å². The van der Waals surface area contributed by atoms with E-state index in [2.05, 4.69) is 55.4 Å². The van der Waals surface area contributed by atoms with Crippen LogP contribution in [-0.4, -0.2) is 0 Å². The van der Waals surface area contributed by atoms with Crippen molar-refractivity contribution in [3.05, 3.63) is 22.3 Å². The third-order valence-electron chi connectivity index (χ3n) is 6.16. The highest BCUT2D eigenvalue weighted by Gasteiger charge is 2.46. The SMILES string of the molecule is CCCC1=C(CCC)C(C)(C)C(C)(C)C(CCC)=C1CCC. The van der Waals surface area contributed by atoms with Crippen LogP contribution in [0, 0.1) is 10.8 Å². The highest BCUT2D eigenvalue weighted by atomic mass is 14.5. The predicted molar refractivity (Wildman–Crippen MR) is 101 cm³/mol. The molecule has 0 spiro atoms. The lowest BCUT2D eigenvalue weighted by Gasteiger charge is -2.51. The third-order valence-corrected chi connectivity index (χ3v) is 6.16. The Morgan fingerprint density at radius 1 is 0.500 bits per heavy atom. The van der Waals surface area contributed by atoms with Gasteiger partial charge in [-0.1, -0.05) is 92.2 Å². The van der Waals surface area contributed by atoms with Gasteiger partial charge in [0.2, 0.25) is 0 Å². The van der Waals surface area contributed by atoms with E-state index in [-0.39, 0.29) is 10.8 Å². The fraction of sp³-hybridized carbons (Fsp3) is 0.818. The van der Waals surface area contributed by atoms with Crippen LogP contribution < -0.4 is 0 Å². The molecular formula is C22H40. The van der Waals surface area contributed by atoms with Gasteiger partial charge in [0.05, 0.1) is 0 Å². The minimum absolute atomic E-state index is 0.287. The molecule has 128 valence electrons. The molecular weight excluding hydrogens is 264 g/mol. The molecule has 0 aromatic heterocycles. The fourth-order valence-electron chi connectivity index (χ4n) is 4.40. The van der Waals surface area contributed by atoms with Crippen LogP contribution in [0.5, 0.6) is 0 Å². The van der Waals surface area contributed by atoms with Crippen LogP contribution in [-0.2, 0) is 0 Å². The largest absolute Gasteiger partial charge is 0.0651 e. The predicted octanol–water partition coefficient (Wildman–Crippen LogP) is 7.85. The van der Waals surface area contributed by atoms with Crippen molar-refractivity contribution in [2.75, 3.05) is 0 Å². The molecule has 0 aromatic carbocycles. The van der Waals surface area contributed by atoms with Gasteiger partial charge >= 0.3 is 0 Å². The van der Waals surface area contributed by atoms with Crippen molar-refractivity contribution in [3.8, 4) is 0 Å². The average Bonchev–Trinajstić information content (AvgIpc) is 2.45. The first-order valence-corrected chi connectivity index (χ1v) is 9.74. The molecule has 0 nitrogen and oxygen atoms in total. The Morgan fingerprint density at radius 3 is 1.00 bits per heavy atom. The fourth-order valence-corrected chi connectivity index (χ4v) is 4.40. The van der Waals surface area contributed by atoms with Crippen LogP contribution in [0.15, 0.2) is 22.3 Å². The van der Waals surface area contributed by atoms with Crippen molar-refractivity contribution in [3.63, 3.8) is 0 Å². The van der Waals surface area contributed by atoms with Crippen molar-refractivity contribution in [2.45, 2.75) is 107 Å². The Balaban J connectivity index is 3.62. The van der Waals surface area contributed by atoms with E-state index in [0.717, 1.165) is 0 Å². The first-order chi connectivity index (χ1) is 10.3. The first-order valence-electron chi connectivity index (χ1n) is 9.74. The Labute approximate surface area is 140 Å². The van der Waals surface area contributed by atoms with Gasteiger partial charge in [0.1, 0.15) is 0 Å². The number of hydrogen-bond donors (Lipinski definition) is 0. The van der Waals surface area contributed by atoms with Crippen LogP contribution in [0.2, 0.25) is 0 Å². The molecule has 0 aliphatic heterocycles. The van der Waals surface area contributed by atoms with Gasteiger partial charge in [0, 0.05) is 0 Å². The normalized spacial score (nSPS) is 20.7. The van der Waals surface area contributed by atoms with Crippen molar-refractivity contribution < 1.29 is 0 Å². The van der Waals surface area contributed by atoms with E-state index >= 15 is 0 Å². The second-order valence-electron chi connectivity index (χ2n) is 8.16. The molecule has 0 saturated heterocycles. The smallest absolute Gasteiger partial charge is 0.00503 e. The van der Waals surface area contributed by atoms with Gasteiger partial charge < -0.3 is 0 Å². The van der Waals surface area contributed by atoms with Crippen LogP contribution in [0.1, 0.15) is 107 Å². The molecule has 0 heteroatoms. The highest BCUT2D eigenvalue weighted by molar-refractivity contribution is 5.49. The number of allylic oxidation sites excluding steroid dienone is 4.